The molecule has 0 aliphatic heterocycles. The fourth-order valence-corrected chi connectivity index (χ4v) is 3.63. The Kier molecular flexibility index (Phi) is 6.26. The molecule has 1 N–H and O–H groups in total. The Morgan fingerprint density at radius 1 is 0.931 bits per heavy atom. The number of amides is 1. The average Bonchev–Trinajstić information content (AvgIpc) is 2.70. The molecule has 0 atom stereocenters. The second-order valence-corrected chi connectivity index (χ2v) is 8.25. The van der Waals surface area contributed by atoms with Crippen molar-refractivity contribution in [1.82, 2.24) is 4.31 Å². The van der Waals surface area contributed by atoms with Crippen LogP contribution in [0.1, 0.15) is 0 Å². The van der Waals surface area contributed by atoms with Crippen LogP contribution in [0, 0.1) is 5.82 Å². The molecule has 0 radical (unpaired) electrons. The van der Waals surface area contributed by atoms with E-state index >= 15 is 0 Å². The van der Waals surface area contributed by atoms with E-state index in [-0.39, 0.29) is 11.4 Å². The maximum atomic E-state index is 13.0. The molecule has 8 heteroatoms. The second-order valence-electron chi connectivity index (χ2n) is 6.20. The van der Waals surface area contributed by atoms with Gasteiger partial charge in [-0.2, -0.15) is 4.31 Å². The molecule has 0 aliphatic rings. The highest BCUT2D eigenvalue weighted by molar-refractivity contribution is 7.89. The second kappa shape index (κ2) is 8.85. The van der Waals surface area contributed by atoms with Crippen LogP contribution in [0.4, 0.5) is 10.1 Å². The van der Waals surface area contributed by atoms with E-state index < -0.39 is 21.7 Å². The van der Waals surface area contributed by atoms with Gasteiger partial charge in [-0.25, -0.2) is 12.8 Å². The molecule has 0 aliphatic carbocycles. The predicted octanol–water partition coefficient (Wildman–Crippen LogP) is 3.88. The van der Waals surface area contributed by atoms with E-state index in [0.29, 0.717) is 17.2 Å². The van der Waals surface area contributed by atoms with Crippen molar-refractivity contribution in [2.45, 2.75) is 4.90 Å². The van der Waals surface area contributed by atoms with Gasteiger partial charge < -0.3 is 10.1 Å². The van der Waals surface area contributed by atoms with Crippen LogP contribution in [-0.4, -0.2) is 32.2 Å². The van der Waals surface area contributed by atoms with Gasteiger partial charge in [-0.1, -0.05) is 18.2 Å². The highest BCUT2D eigenvalue weighted by Gasteiger charge is 2.23. The van der Waals surface area contributed by atoms with Crippen molar-refractivity contribution < 1.29 is 22.3 Å². The first-order valence-corrected chi connectivity index (χ1v) is 10.1. The third kappa shape index (κ3) is 5.40. The van der Waals surface area contributed by atoms with Crippen LogP contribution >= 0.6 is 0 Å². The molecule has 1 amide bonds. The topological polar surface area (TPSA) is 75.7 Å². The molecule has 0 fully saturated rings. The van der Waals surface area contributed by atoms with Crippen molar-refractivity contribution in [3.8, 4) is 11.5 Å². The number of hydrogen-bond donors (Lipinski definition) is 1. The van der Waals surface area contributed by atoms with Gasteiger partial charge >= 0.3 is 0 Å². The van der Waals surface area contributed by atoms with Crippen LogP contribution in [0.3, 0.4) is 0 Å². The summed E-state index contributed by atoms with van der Waals surface area (Å²) >= 11 is 0. The number of nitrogens with zero attached hydrogens (tertiary/aromatic N) is 1. The number of benzene rings is 3. The summed E-state index contributed by atoms with van der Waals surface area (Å²) in [5, 5.41) is 2.64. The van der Waals surface area contributed by atoms with Gasteiger partial charge in [0.25, 0.3) is 0 Å². The fourth-order valence-electron chi connectivity index (χ4n) is 2.51. The molecule has 3 rings (SSSR count). The lowest BCUT2D eigenvalue weighted by Gasteiger charge is -2.17. The minimum atomic E-state index is -3.90. The van der Waals surface area contributed by atoms with Gasteiger partial charge in [-0.3, -0.25) is 4.79 Å². The highest BCUT2D eigenvalue weighted by atomic mass is 32.2. The standard InChI is InChI=1S/C21H19FN2O4S/c1-24(29(26,27)20-13-7-16(22)8-14-20)15-21(25)23-17-9-11-19(12-10-17)28-18-5-3-2-4-6-18/h2-14H,15H2,1H3,(H,23,25). The summed E-state index contributed by atoms with van der Waals surface area (Å²) in [4.78, 5) is 12.1. The number of likely N-dealkylation sites (N-methyl/N-ethyl adjacent to an activating group) is 1. The summed E-state index contributed by atoms with van der Waals surface area (Å²) in [6, 6.07) is 20.4. The molecule has 0 saturated carbocycles. The normalized spacial score (nSPS) is 11.3. The van der Waals surface area contributed by atoms with E-state index in [0.717, 1.165) is 28.6 Å². The van der Waals surface area contributed by atoms with Gasteiger partial charge in [0.15, 0.2) is 0 Å². The molecule has 6 nitrogen and oxygen atoms in total. The number of hydrogen-bond acceptors (Lipinski definition) is 4. The maximum absolute atomic E-state index is 13.0. The molecule has 3 aromatic carbocycles. The number of carbonyl (C=O) groups is 1. The molecule has 150 valence electrons. The molecule has 0 heterocycles. The molecular formula is C21H19FN2O4S. The third-order valence-electron chi connectivity index (χ3n) is 4.01. The zero-order chi connectivity index (χ0) is 20.9. The van der Waals surface area contributed by atoms with Gasteiger partial charge in [0.2, 0.25) is 15.9 Å². The van der Waals surface area contributed by atoms with Crippen LogP contribution in [-0.2, 0) is 14.8 Å². The summed E-state index contributed by atoms with van der Waals surface area (Å²) in [5.41, 5.74) is 0.503. The first kappa shape index (κ1) is 20.5. The Morgan fingerprint density at radius 3 is 2.14 bits per heavy atom. The molecule has 0 spiro atoms. The maximum Gasteiger partial charge on any atom is 0.243 e. The van der Waals surface area contributed by atoms with E-state index in [2.05, 4.69) is 5.32 Å². The Morgan fingerprint density at radius 2 is 1.52 bits per heavy atom. The lowest BCUT2D eigenvalue weighted by atomic mass is 10.3. The van der Waals surface area contributed by atoms with Crippen molar-refractivity contribution in [1.29, 1.82) is 0 Å². The zero-order valence-electron chi connectivity index (χ0n) is 15.6. The van der Waals surface area contributed by atoms with E-state index in [1.807, 2.05) is 30.3 Å². The van der Waals surface area contributed by atoms with Crippen LogP contribution in [0.15, 0.2) is 83.8 Å². The van der Waals surface area contributed by atoms with Gasteiger partial charge in [0.1, 0.15) is 17.3 Å². The number of nitrogens with one attached hydrogen (secondary N) is 1. The summed E-state index contributed by atoms with van der Waals surface area (Å²) in [6.07, 6.45) is 0. The number of para-hydroxylation sites is 1. The van der Waals surface area contributed by atoms with Crippen LogP contribution in [0.2, 0.25) is 0 Å². The van der Waals surface area contributed by atoms with E-state index in [1.165, 1.54) is 7.05 Å². The molecule has 0 saturated heterocycles. The Hall–Kier alpha value is -3.23. The quantitative estimate of drug-likeness (QED) is 0.637. The van der Waals surface area contributed by atoms with Crippen molar-refractivity contribution in [2.75, 3.05) is 18.9 Å². The van der Waals surface area contributed by atoms with Crippen LogP contribution in [0.5, 0.6) is 11.5 Å². The van der Waals surface area contributed by atoms with E-state index in [1.54, 1.807) is 24.3 Å². The summed E-state index contributed by atoms with van der Waals surface area (Å²) < 4.78 is 44.5. The Labute approximate surface area is 168 Å². The SMILES string of the molecule is CN(CC(=O)Nc1ccc(Oc2ccccc2)cc1)S(=O)(=O)c1ccc(F)cc1. The number of ether oxygens (including phenoxy) is 1. The largest absolute Gasteiger partial charge is 0.457 e. The molecule has 29 heavy (non-hydrogen) atoms. The lowest BCUT2D eigenvalue weighted by Crippen LogP contribution is -2.34. The first-order valence-electron chi connectivity index (χ1n) is 8.69. The number of halogens is 1. The number of sulfonamides is 1. The van der Waals surface area contributed by atoms with Gasteiger partial charge in [0.05, 0.1) is 11.4 Å². The van der Waals surface area contributed by atoms with Crippen LogP contribution in [0.25, 0.3) is 0 Å². The first-order chi connectivity index (χ1) is 13.8. The minimum Gasteiger partial charge on any atom is -0.457 e. The molecular weight excluding hydrogens is 395 g/mol. The summed E-state index contributed by atoms with van der Waals surface area (Å²) in [5.74, 6) is 0.251. The fraction of sp³-hybridized carbons (Fsp3) is 0.0952. The van der Waals surface area contributed by atoms with E-state index in [4.69, 9.17) is 4.74 Å². The lowest BCUT2D eigenvalue weighted by molar-refractivity contribution is -0.116. The monoisotopic (exact) mass is 414 g/mol. The van der Waals surface area contributed by atoms with Gasteiger partial charge in [0, 0.05) is 12.7 Å². The molecule has 0 aromatic heterocycles. The molecule has 0 bridgehead atoms. The van der Waals surface area contributed by atoms with Crippen molar-refractivity contribution in [2.24, 2.45) is 0 Å². The van der Waals surface area contributed by atoms with Crippen LogP contribution < -0.4 is 10.1 Å². The zero-order valence-corrected chi connectivity index (χ0v) is 16.4. The number of rotatable bonds is 7. The molecule has 3 aromatic rings. The summed E-state index contributed by atoms with van der Waals surface area (Å²) in [7, 11) is -2.61. The van der Waals surface area contributed by atoms with Gasteiger partial charge in [-0.05, 0) is 60.7 Å². The highest BCUT2D eigenvalue weighted by Crippen LogP contribution is 2.22. The minimum absolute atomic E-state index is 0.0865. The molecule has 0 unspecified atom stereocenters. The van der Waals surface area contributed by atoms with Gasteiger partial charge in [-0.15, -0.1) is 0 Å². The van der Waals surface area contributed by atoms with Crippen molar-refractivity contribution in [3.63, 3.8) is 0 Å². The van der Waals surface area contributed by atoms with Crippen molar-refractivity contribution in [3.05, 3.63) is 84.7 Å². The van der Waals surface area contributed by atoms with E-state index in [9.17, 15) is 17.6 Å². The predicted molar refractivity (Wildman–Crippen MR) is 108 cm³/mol. The third-order valence-corrected chi connectivity index (χ3v) is 5.82. The van der Waals surface area contributed by atoms with Crippen molar-refractivity contribution >= 4 is 21.6 Å². The Bertz CT molecular complexity index is 1070. The number of anilines is 1. The smallest absolute Gasteiger partial charge is 0.243 e. The average molecular weight is 414 g/mol. The number of carbonyl (C=O) groups excluding carboxylic acids is 1. The Balaban J connectivity index is 1.59. The summed E-state index contributed by atoms with van der Waals surface area (Å²) in [6.45, 7) is -0.387.